The van der Waals surface area contributed by atoms with Gasteiger partial charge in [0, 0.05) is 12.0 Å². The number of ketones is 1. The zero-order valence-electron chi connectivity index (χ0n) is 14.0. The summed E-state index contributed by atoms with van der Waals surface area (Å²) in [6.45, 7) is 2.05. The minimum Gasteiger partial charge on any atom is -0.507 e. The van der Waals surface area contributed by atoms with Gasteiger partial charge in [-0.25, -0.2) is 4.98 Å². The summed E-state index contributed by atoms with van der Waals surface area (Å²) >= 11 is 0. The predicted octanol–water partition coefficient (Wildman–Crippen LogP) is 4.79. The molecule has 0 spiro atoms. The summed E-state index contributed by atoms with van der Waals surface area (Å²) in [4.78, 5) is 27.9. The van der Waals surface area contributed by atoms with Crippen LogP contribution in [-0.4, -0.2) is 22.2 Å². The van der Waals surface area contributed by atoms with E-state index in [-0.39, 0.29) is 17.1 Å². The van der Waals surface area contributed by atoms with Crippen LogP contribution in [0, 0.1) is 0 Å². The van der Waals surface area contributed by atoms with E-state index in [9.17, 15) is 14.7 Å². The van der Waals surface area contributed by atoms with Crippen LogP contribution in [0.4, 0.5) is 0 Å². The Morgan fingerprint density at radius 1 is 1.16 bits per heavy atom. The molecule has 1 heterocycles. The number of phenols is 1. The number of benzene rings is 2. The molecule has 2 aromatic carbocycles. The lowest BCUT2D eigenvalue weighted by atomic mass is 10.00. The molecule has 0 fully saturated rings. The van der Waals surface area contributed by atoms with E-state index in [1.807, 2.05) is 24.3 Å². The molecular formula is C21H19NO3. The van der Waals surface area contributed by atoms with Crippen molar-refractivity contribution in [3.05, 3.63) is 59.8 Å². The van der Waals surface area contributed by atoms with Gasteiger partial charge in [0.25, 0.3) is 0 Å². The fourth-order valence-corrected chi connectivity index (χ4v) is 2.84. The summed E-state index contributed by atoms with van der Waals surface area (Å²) < 4.78 is 0. The molecule has 4 heteroatoms. The molecule has 0 saturated carbocycles. The molecule has 126 valence electrons. The predicted molar refractivity (Wildman–Crippen MR) is 98.1 cm³/mol. The standard InChI is InChI=1S/C21H19NO3/c1-2-3-7-21(25)19-6-4-5-18(22-19)15-8-10-16-14(12-15)9-11-20(24)17(16)13-23/h4-6,8-13,24H,2-3,7H2,1H3. The fraction of sp³-hybridized carbons (Fsp3) is 0.190. The summed E-state index contributed by atoms with van der Waals surface area (Å²) in [6, 6.07) is 14.2. The number of phenolic OH excluding ortho intramolecular Hbond substituents is 1. The monoisotopic (exact) mass is 333 g/mol. The highest BCUT2D eigenvalue weighted by molar-refractivity contribution is 6.02. The smallest absolute Gasteiger partial charge is 0.181 e. The largest absolute Gasteiger partial charge is 0.507 e. The average Bonchev–Trinajstić information content (AvgIpc) is 2.65. The van der Waals surface area contributed by atoms with Crippen LogP contribution < -0.4 is 0 Å². The Kier molecular flexibility index (Phi) is 4.89. The lowest BCUT2D eigenvalue weighted by Gasteiger charge is -2.08. The molecule has 3 rings (SSSR count). The number of pyridine rings is 1. The molecule has 0 aliphatic heterocycles. The van der Waals surface area contributed by atoms with Gasteiger partial charge in [-0.2, -0.15) is 0 Å². The minimum absolute atomic E-state index is 0.0307. The van der Waals surface area contributed by atoms with E-state index in [1.165, 1.54) is 6.07 Å². The number of nitrogens with zero attached hydrogens (tertiary/aromatic N) is 1. The summed E-state index contributed by atoms with van der Waals surface area (Å²) in [7, 11) is 0. The van der Waals surface area contributed by atoms with E-state index < -0.39 is 0 Å². The summed E-state index contributed by atoms with van der Waals surface area (Å²) in [5.41, 5.74) is 2.33. The number of rotatable bonds is 6. The van der Waals surface area contributed by atoms with Crippen molar-refractivity contribution in [2.24, 2.45) is 0 Å². The van der Waals surface area contributed by atoms with E-state index in [2.05, 4.69) is 11.9 Å². The highest BCUT2D eigenvalue weighted by Gasteiger charge is 2.11. The van der Waals surface area contributed by atoms with Crippen LogP contribution in [0.2, 0.25) is 0 Å². The number of fused-ring (bicyclic) bond motifs is 1. The zero-order chi connectivity index (χ0) is 17.8. The van der Waals surface area contributed by atoms with Crippen LogP contribution in [0.15, 0.2) is 48.5 Å². The van der Waals surface area contributed by atoms with Gasteiger partial charge >= 0.3 is 0 Å². The lowest BCUT2D eigenvalue weighted by Crippen LogP contribution is -2.02. The number of aromatic hydroxyl groups is 1. The van der Waals surface area contributed by atoms with Crippen LogP contribution >= 0.6 is 0 Å². The van der Waals surface area contributed by atoms with Gasteiger partial charge in [-0.05, 0) is 41.5 Å². The summed E-state index contributed by atoms with van der Waals surface area (Å²) in [5, 5.41) is 11.3. The molecule has 4 nitrogen and oxygen atoms in total. The van der Waals surface area contributed by atoms with Crippen LogP contribution in [-0.2, 0) is 0 Å². The van der Waals surface area contributed by atoms with E-state index in [4.69, 9.17) is 0 Å². The van der Waals surface area contributed by atoms with Gasteiger partial charge in [0.1, 0.15) is 11.4 Å². The zero-order valence-corrected chi connectivity index (χ0v) is 14.0. The van der Waals surface area contributed by atoms with Gasteiger partial charge in [0.05, 0.1) is 11.3 Å². The van der Waals surface area contributed by atoms with Crippen LogP contribution in [0.3, 0.4) is 0 Å². The maximum Gasteiger partial charge on any atom is 0.181 e. The molecular weight excluding hydrogens is 314 g/mol. The Morgan fingerprint density at radius 3 is 2.76 bits per heavy atom. The summed E-state index contributed by atoms with van der Waals surface area (Å²) in [5.74, 6) is 0.0227. The van der Waals surface area contributed by atoms with Crippen molar-refractivity contribution in [3.63, 3.8) is 0 Å². The molecule has 0 aliphatic carbocycles. The SMILES string of the molecule is CCCCC(=O)c1cccc(-c2ccc3c(C=O)c(O)ccc3c2)n1. The lowest BCUT2D eigenvalue weighted by molar-refractivity contribution is 0.0974. The Morgan fingerprint density at radius 2 is 2.00 bits per heavy atom. The Balaban J connectivity index is 2.01. The number of unbranched alkanes of at least 4 members (excludes halogenated alkanes) is 1. The number of carbonyl (C=O) groups is 2. The van der Waals surface area contributed by atoms with Crippen molar-refractivity contribution in [1.29, 1.82) is 0 Å². The first-order chi connectivity index (χ1) is 12.1. The van der Waals surface area contributed by atoms with Gasteiger partial charge < -0.3 is 5.11 Å². The first kappa shape index (κ1) is 16.8. The Bertz CT molecular complexity index is 947. The minimum atomic E-state index is -0.0307. The topological polar surface area (TPSA) is 67.3 Å². The molecule has 0 unspecified atom stereocenters. The molecule has 0 atom stereocenters. The molecule has 0 saturated heterocycles. The average molecular weight is 333 g/mol. The first-order valence-electron chi connectivity index (χ1n) is 8.35. The van der Waals surface area contributed by atoms with Crippen LogP contribution in [0.5, 0.6) is 5.75 Å². The van der Waals surface area contributed by atoms with E-state index >= 15 is 0 Å². The third-order valence-electron chi connectivity index (χ3n) is 4.24. The summed E-state index contributed by atoms with van der Waals surface area (Å²) in [6.07, 6.45) is 3.00. The normalized spacial score (nSPS) is 10.8. The highest BCUT2D eigenvalue weighted by Crippen LogP contribution is 2.29. The molecule has 0 amide bonds. The Hall–Kier alpha value is -3.01. The van der Waals surface area contributed by atoms with Crippen molar-refractivity contribution in [3.8, 4) is 17.0 Å². The third-order valence-corrected chi connectivity index (χ3v) is 4.24. The van der Waals surface area contributed by atoms with E-state index in [0.717, 1.165) is 23.8 Å². The molecule has 3 aromatic rings. The molecule has 1 aromatic heterocycles. The molecule has 1 N–H and O–H groups in total. The maximum absolute atomic E-state index is 12.2. The number of aromatic nitrogens is 1. The van der Waals surface area contributed by atoms with Crippen molar-refractivity contribution in [2.75, 3.05) is 0 Å². The van der Waals surface area contributed by atoms with E-state index in [0.29, 0.717) is 29.5 Å². The highest BCUT2D eigenvalue weighted by atomic mass is 16.3. The van der Waals surface area contributed by atoms with Gasteiger partial charge in [-0.3, -0.25) is 9.59 Å². The van der Waals surface area contributed by atoms with Crippen molar-refractivity contribution < 1.29 is 14.7 Å². The number of carbonyl (C=O) groups excluding carboxylic acids is 2. The maximum atomic E-state index is 12.2. The third kappa shape index (κ3) is 3.43. The second kappa shape index (κ2) is 7.26. The quantitative estimate of drug-likeness (QED) is 0.520. The number of Topliss-reactive ketones (excluding diaryl/α,β-unsaturated/α-hetero) is 1. The first-order valence-corrected chi connectivity index (χ1v) is 8.35. The second-order valence-electron chi connectivity index (χ2n) is 5.99. The van der Waals surface area contributed by atoms with E-state index in [1.54, 1.807) is 18.2 Å². The second-order valence-corrected chi connectivity index (χ2v) is 5.99. The van der Waals surface area contributed by atoms with Gasteiger partial charge in [0.2, 0.25) is 0 Å². The van der Waals surface area contributed by atoms with Crippen molar-refractivity contribution in [2.45, 2.75) is 26.2 Å². The molecule has 25 heavy (non-hydrogen) atoms. The number of aldehydes is 1. The fourth-order valence-electron chi connectivity index (χ4n) is 2.84. The molecule has 0 radical (unpaired) electrons. The van der Waals surface area contributed by atoms with Gasteiger partial charge in [0.15, 0.2) is 12.1 Å². The van der Waals surface area contributed by atoms with Crippen LogP contribution in [0.1, 0.15) is 47.0 Å². The van der Waals surface area contributed by atoms with Crippen LogP contribution in [0.25, 0.3) is 22.0 Å². The van der Waals surface area contributed by atoms with Gasteiger partial charge in [-0.1, -0.05) is 37.6 Å². The van der Waals surface area contributed by atoms with Crippen molar-refractivity contribution >= 4 is 22.8 Å². The Labute approximate surface area is 146 Å². The number of hydrogen-bond donors (Lipinski definition) is 1. The van der Waals surface area contributed by atoms with Gasteiger partial charge in [-0.15, -0.1) is 0 Å². The molecule has 0 bridgehead atoms. The number of hydrogen-bond acceptors (Lipinski definition) is 4. The molecule has 0 aliphatic rings. The van der Waals surface area contributed by atoms with Crippen molar-refractivity contribution in [1.82, 2.24) is 4.98 Å².